The van der Waals surface area contributed by atoms with Crippen LogP contribution in [-0.4, -0.2) is 39.3 Å². The first kappa shape index (κ1) is 18.7. The van der Waals surface area contributed by atoms with E-state index in [1.807, 2.05) is 25.1 Å². The van der Waals surface area contributed by atoms with Gasteiger partial charge >= 0.3 is 0 Å². The van der Waals surface area contributed by atoms with Gasteiger partial charge in [0.1, 0.15) is 12.4 Å². The molecule has 1 fully saturated rings. The summed E-state index contributed by atoms with van der Waals surface area (Å²) in [5.41, 5.74) is 1.84. The van der Waals surface area contributed by atoms with E-state index in [2.05, 4.69) is 17.6 Å². The molecule has 1 heterocycles. The van der Waals surface area contributed by atoms with Gasteiger partial charge in [-0.1, -0.05) is 13.0 Å². The van der Waals surface area contributed by atoms with Gasteiger partial charge < -0.3 is 20.1 Å². The number of hydrogen-bond donors (Lipinski definition) is 2. The number of benzene rings is 1. The van der Waals surface area contributed by atoms with Gasteiger partial charge in [0, 0.05) is 13.5 Å². The summed E-state index contributed by atoms with van der Waals surface area (Å²) in [6.45, 7) is 7.30. The molecule has 134 valence electrons. The fraction of sp³-hybridized carbons (Fsp3) is 0.632. The van der Waals surface area contributed by atoms with Crippen molar-refractivity contribution in [3.63, 3.8) is 0 Å². The molecule has 0 radical (unpaired) electrons. The fourth-order valence-electron chi connectivity index (χ4n) is 3.16. The summed E-state index contributed by atoms with van der Waals surface area (Å²) in [5, 5.41) is 6.39. The zero-order chi connectivity index (χ0) is 17.4. The quantitative estimate of drug-likeness (QED) is 0.718. The summed E-state index contributed by atoms with van der Waals surface area (Å²) in [6.07, 6.45) is 2.87. The van der Waals surface area contributed by atoms with Crippen LogP contribution < -0.4 is 15.4 Å². The van der Waals surface area contributed by atoms with Gasteiger partial charge in [0.05, 0.1) is 12.3 Å². The molecule has 0 bridgehead atoms. The van der Waals surface area contributed by atoms with Gasteiger partial charge in [0.15, 0.2) is 0 Å². The van der Waals surface area contributed by atoms with Crippen LogP contribution in [0.4, 0.5) is 5.69 Å². The van der Waals surface area contributed by atoms with Crippen LogP contribution in [0.25, 0.3) is 0 Å². The highest BCUT2D eigenvalue weighted by molar-refractivity contribution is 5.92. The summed E-state index contributed by atoms with van der Waals surface area (Å²) in [4.78, 5) is 12.4. The van der Waals surface area contributed by atoms with Gasteiger partial charge in [-0.3, -0.25) is 4.79 Å². The smallest absolute Gasteiger partial charge is 0.224 e. The Morgan fingerprint density at radius 1 is 1.33 bits per heavy atom. The second kappa shape index (κ2) is 9.64. The Labute approximate surface area is 145 Å². The maximum Gasteiger partial charge on any atom is 0.224 e. The van der Waals surface area contributed by atoms with Crippen LogP contribution >= 0.6 is 0 Å². The second-order valence-corrected chi connectivity index (χ2v) is 6.66. The average Bonchev–Trinajstić information content (AvgIpc) is 2.58. The van der Waals surface area contributed by atoms with Crippen molar-refractivity contribution in [1.29, 1.82) is 0 Å². The molecule has 1 aliphatic rings. The summed E-state index contributed by atoms with van der Waals surface area (Å²) in [7, 11) is 1.64. The Hall–Kier alpha value is -1.59. The van der Waals surface area contributed by atoms with Crippen molar-refractivity contribution in [2.45, 2.75) is 33.1 Å². The highest BCUT2D eigenvalue weighted by Gasteiger charge is 2.22. The molecule has 1 aromatic carbocycles. The predicted molar refractivity (Wildman–Crippen MR) is 96.6 cm³/mol. The number of aryl methyl sites for hydroxylation is 1. The normalized spacial score (nSPS) is 16.6. The van der Waals surface area contributed by atoms with Gasteiger partial charge in [0.2, 0.25) is 5.91 Å². The lowest BCUT2D eigenvalue weighted by molar-refractivity contribution is -0.117. The Bertz CT molecular complexity index is 527. The number of methoxy groups -OCH3 is 1. The number of nitrogens with one attached hydrogen (secondary N) is 2. The van der Waals surface area contributed by atoms with Crippen LogP contribution in [0.1, 0.15) is 31.7 Å². The molecular formula is C19H30N2O3. The number of amides is 1. The zero-order valence-corrected chi connectivity index (χ0v) is 15.1. The Balaban J connectivity index is 1.92. The number of carbonyl (C=O) groups is 1. The fourth-order valence-corrected chi connectivity index (χ4v) is 3.16. The Morgan fingerprint density at radius 3 is 2.79 bits per heavy atom. The molecule has 5 nitrogen and oxygen atoms in total. The summed E-state index contributed by atoms with van der Waals surface area (Å²) >= 11 is 0. The average molecular weight is 334 g/mol. The van der Waals surface area contributed by atoms with E-state index in [-0.39, 0.29) is 5.91 Å². The highest BCUT2D eigenvalue weighted by Crippen LogP contribution is 2.28. The third-order valence-electron chi connectivity index (χ3n) is 4.65. The second-order valence-electron chi connectivity index (χ2n) is 6.66. The molecule has 2 N–H and O–H groups in total. The van der Waals surface area contributed by atoms with Crippen LogP contribution in [0.3, 0.4) is 0 Å². The largest absolute Gasteiger partial charge is 0.489 e. The maximum absolute atomic E-state index is 12.4. The molecular weight excluding hydrogens is 304 g/mol. The van der Waals surface area contributed by atoms with Gasteiger partial charge in [-0.25, -0.2) is 0 Å². The maximum atomic E-state index is 12.4. The molecule has 2 rings (SSSR count). The van der Waals surface area contributed by atoms with E-state index >= 15 is 0 Å². The van der Waals surface area contributed by atoms with Crippen molar-refractivity contribution >= 4 is 11.6 Å². The van der Waals surface area contributed by atoms with Crippen LogP contribution in [0.2, 0.25) is 0 Å². The minimum absolute atomic E-state index is 0.0569. The highest BCUT2D eigenvalue weighted by atomic mass is 16.5. The molecule has 0 spiro atoms. The molecule has 1 amide bonds. The van der Waals surface area contributed by atoms with Crippen molar-refractivity contribution < 1.29 is 14.3 Å². The Morgan fingerprint density at radius 2 is 2.08 bits per heavy atom. The van der Waals surface area contributed by atoms with Crippen molar-refractivity contribution in [1.82, 2.24) is 5.32 Å². The zero-order valence-electron chi connectivity index (χ0n) is 15.1. The number of anilines is 1. The van der Waals surface area contributed by atoms with Gasteiger partial charge in [-0.2, -0.15) is 0 Å². The number of piperidine rings is 1. The lowest BCUT2D eigenvalue weighted by atomic mass is 9.84. The van der Waals surface area contributed by atoms with E-state index < -0.39 is 0 Å². The minimum Gasteiger partial charge on any atom is -0.489 e. The standard InChI is InChI=1S/C19H30N2O3/c1-14-4-5-17(18(12-14)24-11-10-23-3)21-19(22)13-15(2)16-6-8-20-9-7-16/h4-5,12,15-16,20H,6-11,13H2,1-3H3,(H,21,22). The molecule has 1 atom stereocenters. The molecule has 0 aromatic heterocycles. The van der Waals surface area contributed by atoms with E-state index in [9.17, 15) is 4.79 Å². The molecule has 1 unspecified atom stereocenters. The molecule has 1 aliphatic heterocycles. The van der Waals surface area contributed by atoms with E-state index in [4.69, 9.17) is 9.47 Å². The lowest BCUT2D eigenvalue weighted by Gasteiger charge is -2.28. The Kier molecular flexibility index (Phi) is 7.53. The van der Waals surface area contributed by atoms with Crippen LogP contribution in [-0.2, 0) is 9.53 Å². The van der Waals surface area contributed by atoms with E-state index in [0.29, 0.717) is 37.2 Å². The molecule has 0 aliphatic carbocycles. The van der Waals surface area contributed by atoms with Crippen molar-refractivity contribution in [3.8, 4) is 5.75 Å². The molecule has 5 heteroatoms. The minimum atomic E-state index is 0.0569. The van der Waals surface area contributed by atoms with E-state index in [1.54, 1.807) is 7.11 Å². The summed E-state index contributed by atoms with van der Waals surface area (Å²) in [5.74, 6) is 1.79. The van der Waals surface area contributed by atoms with Crippen LogP contribution in [0.15, 0.2) is 18.2 Å². The third-order valence-corrected chi connectivity index (χ3v) is 4.65. The van der Waals surface area contributed by atoms with E-state index in [0.717, 1.165) is 37.2 Å². The first-order valence-corrected chi connectivity index (χ1v) is 8.83. The molecule has 1 saturated heterocycles. The van der Waals surface area contributed by atoms with Crippen LogP contribution in [0.5, 0.6) is 5.75 Å². The number of carbonyl (C=O) groups excluding carboxylic acids is 1. The monoisotopic (exact) mass is 334 g/mol. The van der Waals surface area contributed by atoms with Crippen LogP contribution in [0, 0.1) is 18.8 Å². The predicted octanol–water partition coefficient (Wildman–Crippen LogP) is 2.98. The number of hydrogen-bond acceptors (Lipinski definition) is 4. The molecule has 1 aromatic rings. The summed E-state index contributed by atoms with van der Waals surface area (Å²) in [6, 6.07) is 5.83. The van der Waals surface area contributed by atoms with E-state index in [1.165, 1.54) is 0 Å². The lowest BCUT2D eigenvalue weighted by Crippen LogP contribution is -2.32. The molecule has 24 heavy (non-hydrogen) atoms. The van der Waals surface area contributed by atoms with Crippen molar-refractivity contribution in [3.05, 3.63) is 23.8 Å². The first-order chi connectivity index (χ1) is 11.6. The first-order valence-electron chi connectivity index (χ1n) is 8.83. The van der Waals surface area contributed by atoms with Crippen molar-refractivity contribution in [2.75, 3.05) is 38.7 Å². The summed E-state index contributed by atoms with van der Waals surface area (Å²) < 4.78 is 10.7. The van der Waals surface area contributed by atoms with Gasteiger partial charge in [-0.05, 0) is 62.4 Å². The number of ether oxygens (including phenoxy) is 2. The number of rotatable bonds is 8. The van der Waals surface area contributed by atoms with Gasteiger partial charge in [0.25, 0.3) is 0 Å². The SMILES string of the molecule is COCCOc1cc(C)ccc1NC(=O)CC(C)C1CCNCC1. The topological polar surface area (TPSA) is 59.6 Å². The van der Waals surface area contributed by atoms with Crippen molar-refractivity contribution in [2.24, 2.45) is 11.8 Å². The van der Waals surface area contributed by atoms with Gasteiger partial charge in [-0.15, -0.1) is 0 Å². The molecule has 0 saturated carbocycles. The third kappa shape index (κ3) is 5.80.